The Labute approximate surface area is 83.9 Å². The summed E-state index contributed by atoms with van der Waals surface area (Å²) in [6.45, 7) is 0. The van der Waals surface area contributed by atoms with E-state index in [1.165, 1.54) is 0 Å². The minimum Gasteiger partial charge on any atom is -0.772 e. The molecule has 0 aliphatic rings. The van der Waals surface area contributed by atoms with Crippen LogP contribution in [-0.2, 0) is 4.57 Å². The maximum atomic E-state index is 8.35. The zero-order chi connectivity index (χ0) is 6.95. The summed E-state index contributed by atoms with van der Waals surface area (Å²) in [5.74, 6) is 0. The minimum absolute atomic E-state index is 0. The van der Waals surface area contributed by atoms with E-state index in [2.05, 4.69) is 0 Å². The van der Waals surface area contributed by atoms with Crippen molar-refractivity contribution in [3.63, 3.8) is 0 Å². The van der Waals surface area contributed by atoms with Crippen LogP contribution in [0.2, 0.25) is 0 Å². The second-order valence-electron chi connectivity index (χ2n) is 1.23. The van der Waals surface area contributed by atoms with Crippen molar-refractivity contribution in [3.05, 3.63) is 36.4 Å². The molecule has 1 aromatic rings. The zero-order valence-electron chi connectivity index (χ0n) is 5.73. The Morgan fingerprint density at radius 2 is 1.00 bits per heavy atom. The summed E-state index contributed by atoms with van der Waals surface area (Å²) in [4.78, 5) is 8.35. The predicted molar refractivity (Wildman–Crippen MR) is 34.0 cm³/mol. The van der Waals surface area contributed by atoms with Gasteiger partial charge in [0, 0.05) is 0 Å². The molecule has 48 valence electrons. The van der Waals surface area contributed by atoms with E-state index in [0.717, 1.165) is 0 Å². The Morgan fingerprint density at radius 3 is 1.10 bits per heavy atom. The van der Waals surface area contributed by atoms with Gasteiger partial charge in [0.05, 0.1) is 8.69 Å². The molecule has 0 aliphatic heterocycles. The van der Waals surface area contributed by atoms with Crippen LogP contribution in [0.1, 0.15) is 0 Å². The van der Waals surface area contributed by atoms with Crippen LogP contribution in [0, 0.1) is 0 Å². The molecule has 0 N–H and O–H groups in total. The van der Waals surface area contributed by atoms with Crippen molar-refractivity contribution in [2.24, 2.45) is 0 Å². The van der Waals surface area contributed by atoms with Gasteiger partial charge in [0.25, 0.3) is 0 Å². The molecule has 4 heteroatoms. The van der Waals surface area contributed by atoms with Crippen molar-refractivity contribution in [2.45, 2.75) is 0 Å². The third kappa shape index (κ3) is 11.1. The van der Waals surface area contributed by atoms with Crippen LogP contribution < -0.4 is 34.5 Å². The summed E-state index contributed by atoms with van der Waals surface area (Å²) in [6, 6.07) is 12.0. The van der Waals surface area contributed by atoms with Crippen LogP contribution in [0.25, 0.3) is 0 Å². The van der Waals surface area contributed by atoms with Crippen molar-refractivity contribution in [1.29, 1.82) is 0 Å². The van der Waals surface area contributed by atoms with Crippen LogP contribution in [0.15, 0.2) is 36.4 Å². The summed E-state index contributed by atoms with van der Waals surface area (Å²) in [6.07, 6.45) is 0. The number of benzene rings is 1. The van der Waals surface area contributed by atoms with Crippen molar-refractivity contribution in [2.75, 3.05) is 0 Å². The number of rotatable bonds is 0. The van der Waals surface area contributed by atoms with Gasteiger partial charge in [-0.2, -0.15) is 0 Å². The molecule has 0 fully saturated rings. The summed E-state index contributed by atoms with van der Waals surface area (Å²) >= 11 is 0. The Balaban J connectivity index is 0. The maximum absolute atomic E-state index is 8.35. The molecule has 10 heavy (non-hydrogen) atoms. The molecule has 1 aromatic carbocycles. The third-order valence-electron chi connectivity index (χ3n) is 0.667. The topological polar surface area (TPSA) is 40.1 Å². The van der Waals surface area contributed by atoms with E-state index in [0.29, 0.717) is 0 Å². The Kier molecular flexibility index (Phi) is 15.5. The first kappa shape index (κ1) is 12.9. The van der Waals surface area contributed by atoms with Crippen LogP contribution in [0.4, 0.5) is 0 Å². The zero-order valence-corrected chi connectivity index (χ0v) is 8.62. The average molecular weight is 164 g/mol. The number of hydrogen-bond acceptors (Lipinski definition) is 2. The third-order valence-corrected chi connectivity index (χ3v) is 0.667. The van der Waals surface area contributed by atoms with E-state index >= 15 is 0 Å². The summed E-state index contributed by atoms with van der Waals surface area (Å²) in [5.41, 5.74) is 0. The molecule has 0 aromatic heterocycles. The van der Waals surface area contributed by atoms with Crippen LogP contribution in [-0.4, -0.2) is 0 Å². The predicted octanol–water partition coefficient (Wildman–Crippen LogP) is -1.76. The Bertz CT molecular complexity index is 119. The molecule has 0 heterocycles. The summed E-state index contributed by atoms with van der Waals surface area (Å²) in [5, 5.41) is 0. The molecule has 0 aliphatic carbocycles. The first-order valence-electron chi connectivity index (χ1n) is 2.37. The minimum atomic E-state index is -1.08. The van der Waals surface area contributed by atoms with Gasteiger partial charge in [-0.15, -0.1) is 0 Å². The standard InChI is InChI=1S/C6H6.Na.HO2P/c1-2-4-6-5-3-1;;1-3-2/h1-6H;;(H,1,2)/q;+1;/p-1. The second kappa shape index (κ2) is 12.0. The summed E-state index contributed by atoms with van der Waals surface area (Å²) < 4.78 is 8.35. The summed E-state index contributed by atoms with van der Waals surface area (Å²) in [7, 11) is -1.08. The van der Waals surface area contributed by atoms with Gasteiger partial charge in [-0.3, -0.25) is 4.57 Å². The molecule has 0 saturated heterocycles. The van der Waals surface area contributed by atoms with Crippen molar-refractivity contribution in [3.8, 4) is 0 Å². The van der Waals surface area contributed by atoms with Gasteiger partial charge < -0.3 is 4.89 Å². The van der Waals surface area contributed by atoms with E-state index in [9.17, 15) is 0 Å². The van der Waals surface area contributed by atoms with Gasteiger partial charge in [0.15, 0.2) is 0 Å². The van der Waals surface area contributed by atoms with E-state index in [1.807, 2.05) is 36.4 Å². The SMILES string of the molecule is O=P[O-].[Na+].c1ccccc1. The van der Waals surface area contributed by atoms with Crippen molar-refractivity contribution < 1.29 is 39.0 Å². The van der Waals surface area contributed by atoms with E-state index in [4.69, 9.17) is 9.46 Å². The van der Waals surface area contributed by atoms with Gasteiger partial charge in [-0.1, -0.05) is 36.4 Å². The normalized spacial score (nSPS) is 6.90. The van der Waals surface area contributed by atoms with Gasteiger partial charge in [0.2, 0.25) is 0 Å². The molecular weight excluding hydrogens is 158 g/mol. The second-order valence-corrected chi connectivity index (χ2v) is 1.38. The van der Waals surface area contributed by atoms with Gasteiger partial charge in [-0.25, -0.2) is 0 Å². The first-order valence-corrected chi connectivity index (χ1v) is 3.10. The molecule has 2 nitrogen and oxygen atoms in total. The molecular formula is C6H6NaO2P. The van der Waals surface area contributed by atoms with E-state index in [-0.39, 0.29) is 29.6 Å². The largest absolute Gasteiger partial charge is 1.00 e. The molecule has 0 saturated carbocycles. The van der Waals surface area contributed by atoms with Crippen molar-refractivity contribution >= 4 is 8.69 Å². The fourth-order valence-corrected chi connectivity index (χ4v) is 0.385. The fourth-order valence-electron chi connectivity index (χ4n) is 0.385. The van der Waals surface area contributed by atoms with Crippen molar-refractivity contribution in [1.82, 2.24) is 0 Å². The molecule has 0 spiro atoms. The molecule has 0 radical (unpaired) electrons. The first-order chi connectivity index (χ1) is 4.41. The molecule has 0 amide bonds. The maximum Gasteiger partial charge on any atom is 1.00 e. The monoisotopic (exact) mass is 164 g/mol. The Morgan fingerprint density at radius 1 is 0.900 bits per heavy atom. The van der Waals surface area contributed by atoms with Crippen LogP contribution in [0.3, 0.4) is 0 Å². The average Bonchev–Trinajstić information content (AvgIpc) is 1.93. The van der Waals surface area contributed by atoms with E-state index in [1.54, 1.807) is 0 Å². The molecule has 1 rings (SSSR count). The van der Waals surface area contributed by atoms with Gasteiger partial charge >= 0.3 is 29.6 Å². The molecule has 0 bridgehead atoms. The van der Waals surface area contributed by atoms with E-state index < -0.39 is 8.69 Å². The van der Waals surface area contributed by atoms with Gasteiger partial charge in [0.1, 0.15) is 0 Å². The quantitative estimate of drug-likeness (QED) is 0.337. The Hall–Kier alpha value is 0.280. The van der Waals surface area contributed by atoms with Crippen LogP contribution in [0.5, 0.6) is 0 Å². The smallest absolute Gasteiger partial charge is 0.772 e. The van der Waals surface area contributed by atoms with Gasteiger partial charge in [-0.05, 0) is 0 Å². The number of hydrogen-bond donors (Lipinski definition) is 0. The fraction of sp³-hybridized carbons (Fsp3) is 0. The molecule has 0 unspecified atom stereocenters. The van der Waals surface area contributed by atoms with Crippen LogP contribution >= 0.6 is 8.69 Å². The molecule has 0 atom stereocenters.